The minimum absolute atomic E-state index is 0.0330. The van der Waals surface area contributed by atoms with Crippen LogP contribution in [-0.2, 0) is 0 Å². The second-order valence-corrected chi connectivity index (χ2v) is 7.73. The molecule has 0 spiro atoms. The van der Waals surface area contributed by atoms with Crippen molar-refractivity contribution >= 4 is 0 Å². The maximum absolute atomic E-state index is 9.89. The third kappa shape index (κ3) is 2.56. The van der Waals surface area contributed by atoms with Crippen LogP contribution in [-0.4, -0.2) is 11.2 Å². The van der Waals surface area contributed by atoms with Crippen LogP contribution in [0.1, 0.15) is 78.1 Å². The zero-order valence-electron chi connectivity index (χ0n) is 13.6. The van der Waals surface area contributed by atoms with Crippen molar-refractivity contribution in [3.63, 3.8) is 0 Å². The molecule has 20 heavy (non-hydrogen) atoms. The van der Waals surface area contributed by atoms with Gasteiger partial charge in [0.2, 0.25) is 0 Å². The summed E-state index contributed by atoms with van der Waals surface area (Å²) in [5.41, 5.74) is 0. The molecule has 1 nitrogen and oxygen atoms in total. The highest BCUT2D eigenvalue weighted by molar-refractivity contribution is 4.99. The molecule has 0 aromatic carbocycles. The maximum atomic E-state index is 9.89. The van der Waals surface area contributed by atoms with E-state index in [1.54, 1.807) is 12.8 Å². The Balaban J connectivity index is 0.000000581. The van der Waals surface area contributed by atoms with E-state index in [1.807, 2.05) is 13.8 Å². The smallest absolute Gasteiger partial charge is 0.0543 e. The molecule has 4 rings (SSSR count). The molecule has 1 N–H and O–H groups in total. The quantitative estimate of drug-likeness (QED) is 0.659. The number of rotatable bonds is 0. The van der Waals surface area contributed by atoms with Gasteiger partial charge in [0.15, 0.2) is 0 Å². The molecule has 0 heterocycles. The van der Waals surface area contributed by atoms with Gasteiger partial charge in [-0.15, -0.1) is 0 Å². The van der Waals surface area contributed by atoms with E-state index < -0.39 is 0 Å². The first kappa shape index (κ1) is 14.9. The van der Waals surface area contributed by atoms with Crippen LogP contribution in [0.4, 0.5) is 0 Å². The summed E-state index contributed by atoms with van der Waals surface area (Å²) in [5, 5.41) is 9.89. The minimum Gasteiger partial charge on any atom is -0.393 e. The molecule has 1 heteroatoms. The normalized spacial score (nSPS) is 50.2. The molecule has 4 fully saturated rings. The van der Waals surface area contributed by atoms with Gasteiger partial charge in [-0.25, -0.2) is 0 Å². The van der Waals surface area contributed by atoms with E-state index in [1.165, 1.54) is 38.5 Å². The van der Waals surface area contributed by atoms with Gasteiger partial charge < -0.3 is 5.11 Å². The molecule has 4 aliphatic rings. The van der Waals surface area contributed by atoms with Gasteiger partial charge >= 0.3 is 0 Å². The lowest BCUT2D eigenvalue weighted by molar-refractivity contribution is -0.0457. The summed E-state index contributed by atoms with van der Waals surface area (Å²) in [6, 6.07) is 0. The average Bonchev–Trinajstić information content (AvgIpc) is 2.97. The zero-order chi connectivity index (χ0) is 14.1. The lowest BCUT2D eigenvalue weighted by atomic mass is 9.53. The first-order valence-corrected chi connectivity index (χ1v) is 9.51. The Morgan fingerprint density at radius 3 is 1.95 bits per heavy atom. The van der Waals surface area contributed by atoms with Crippen LogP contribution in [0.2, 0.25) is 0 Å². The summed E-state index contributed by atoms with van der Waals surface area (Å²) in [7, 11) is 0. The maximum Gasteiger partial charge on any atom is 0.0543 e. The fraction of sp³-hybridized carbons (Fsp3) is 1.00. The van der Waals surface area contributed by atoms with E-state index in [-0.39, 0.29) is 6.10 Å². The third-order valence-electron chi connectivity index (χ3n) is 7.12. The van der Waals surface area contributed by atoms with E-state index >= 15 is 0 Å². The van der Waals surface area contributed by atoms with Crippen LogP contribution in [0.15, 0.2) is 0 Å². The van der Waals surface area contributed by atoms with Gasteiger partial charge in [-0.05, 0) is 86.9 Å². The average molecular weight is 278 g/mol. The Bertz CT molecular complexity index is 313. The number of aliphatic hydroxyl groups excluding tert-OH is 1. The second kappa shape index (κ2) is 6.38. The highest BCUT2D eigenvalue weighted by atomic mass is 16.3. The molecule has 0 aromatic heterocycles. The third-order valence-corrected chi connectivity index (χ3v) is 7.12. The molecule has 0 bridgehead atoms. The summed E-state index contributed by atoms with van der Waals surface area (Å²) in [6.07, 6.45) is 14.2. The van der Waals surface area contributed by atoms with Crippen molar-refractivity contribution in [2.75, 3.05) is 0 Å². The number of hydrogen-bond acceptors (Lipinski definition) is 1. The van der Waals surface area contributed by atoms with Crippen molar-refractivity contribution in [3.8, 4) is 0 Å². The van der Waals surface area contributed by atoms with Crippen LogP contribution in [0.3, 0.4) is 0 Å². The Kier molecular flexibility index (Phi) is 4.75. The van der Waals surface area contributed by atoms with Gasteiger partial charge in [-0.1, -0.05) is 26.7 Å². The Morgan fingerprint density at radius 1 is 0.600 bits per heavy atom. The molecule has 0 radical (unpaired) electrons. The van der Waals surface area contributed by atoms with Crippen LogP contribution < -0.4 is 0 Å². The summed E-state index contributed by atoms with van der Waals surface area (Å²) in [6.45, 7) is 4.00. The van der Waals surface area contributed by atoms with Gasteiger partial charge in [0.1, 0.15) is 0 Å². The molecule has 7 unspecified atom stereocenters. The first-order valence-electron chi connectivity index (χ1n) is 9.51. The lowest BCUT2D eigenvalue weighted by Crippen LogP contribution is -2.45. The van der Waals surface area contributed by atoms with E-state index in [0.717, 1.165) is 48.3 Å². The lowest BCUT2D eigenvalue weighted by Gasteiger charge is -2.52. The fourth-order valence-electron chi connectivity index (χ4n) is 6.45. The number of fused-ring (bicyclic) bond motifs is 5. The molecular formula is C19H34O. The summed E-state index contributed by atoms with van der Waals surface area (Å²) < 4.78 is 0. The van der Waals surface area contributed by atoms with Crippen molar-refractivity contribution in [2.24, 2.45) is 35.5 Å². The molecule has 0 aromatic rings. The topological polar surface area (TPSA) is 20.2 Å². The molecule has 0 amide bonds. The van der Waals surface area contributed by atoms with Gasteiger partial charge in [0.05, 0.1) is 6.10 Å². The van der Waals surface area contributed by atoms with Crippen LogP contribution in [0.5, 0.6) is 0 Å². The Hall–Kier alpha value is -0.0400. The van der Waals surface area contributed by atoms with Crippen molar-refractivity contribution in [3.05, 3.63) is 0 Å². The molecular weight excluding hydrogens is 244 g/mol. The van der Waals surface area contributed by atoms with Crippen molar-refractivity contribution in [1.29, 1.82) is 0 Å². The van der Waals surface area contributed by atoms with Gasteiger partial charge in [-0.3, -0.25) is 0 Å². The van der Waals surface area contributed by atoms with E-state index in [4.69, 9.17) is 0 Å². The van der Waals surface area contributed by atoms with Gasteiger partial charge in [0, 0.05) is 0 Å². The number of aliphatic hydroxyl groups is 1. The molecule has 116 valence electrons. The van der Waals surface area contributed by atoms with Crippen LogP contribution in [0.25, 0.3) is 0 Å². The van der Waals surface area contributed by atoms with Gasteiger partial charge in [-0.2, -0.15) is 0 Å². The van der Waals surface area contributed by atoms with Crippen LogP contribution >= 0.6 is 0 Å². The summed E-state index contributed by atoms with van der Waals surface area (Å²) in [4.78, 5) is 0. The SMILES string of the molecule is CC.OC1CCC2C(CCC3C4CCCC4CCC23)C1. The molecule has 7 atom stereocenters. The van der Waals surface area contributed by atoms with Crippen molar-refractivity contribution in [1.82, 2.24) is 0 Å². The predicted octanol–water partition coefficient (Wildman–Crippen LogP) is 5.03. The van der Waals surface area contributed by atoms with Crippen molar-refractivity contribution < 1.29 is 5.11 Å². The molecule has 0 aliphatic heterocycles. The fourth-order valence-corrected chi connectivity index (χ4v) is 6.45. The monoisotopic (exact) mass is 278 g/mol. The molecule has 4 saturated carbocycles. The minimum atomic E-state index is 0.0330. The van der Waals surface area contributed by atoms with E-state index in [2.05, 4.69) is 0 Å². The zero-order valence-corrected chi connectivity index (χ0v) is 13.6. The second-order valence-electron chi connectivity index (χ2n) is 7.73. The van der Waals surface area contributed by atoms with E-state index in [9.17, 15) is 5.11 Å². The highest BCUT2D eigenvalue weighted by Gasteiger charge is 2.49. The van der Waals surface area contributed by atoms with Gasteiger partial charge in [0.25, 0.3) is 0 Å². The van der Waals surface area contributed by atoms with Crippen molar-refractivity contribution in [2.45, 2.75) is 84.2 Å². The standard InChI is InChI=1S/C17H28O.C2H6/c18-13-6-9-15-12(10-13)5-8-16-14-3-1-2-11(14)4-7-17(15)16;1-2/h11-18H,1-10H2;1-2H3. The van der Waals surface area contributed by atoms with E-state index in [0.29, 0.717) is 0 Å². The first-order chi connectivity index (χ1) is 9.83. The molecule has 0 saturated heterocycles. The predicted molar refractivity (Wildman–Crippen MR) is 84.5 cm³/mol. The Morgan fingerprint density at radius 2 is 1.20 bits per heavy atom. The largest absolute Gasteiger partial charge is 0.393 e. The van der Waals surface area contributed by atoms with Crippen LogP contribution in [0, 0.1) is 35.5 Å². The number of hydrogen-bond donors (Lipinski definition) is 1. The highest BCUT2D eigenvalue weighted by Crippen LogP contribution is 2.57. The summed E-state index contributed by atoms with van der Waals surface area (Å²) in [5.74, 6) is 6.23. The molecule has 4 aliphatic carbocycles. The summed E-state index contributed by atoms with van der Waals surface area (Å²) >= 11 is 0. The Labute approximate surface area is 125 Å².